The van der Waals surface area contributed by atoms with Gasteiger partial charge in [0.1, 0.15) is 36.3 Å². The highest BCUT2D eigenvalue weighted by molar-refractivity contribution is 8.13. The van der Waals surface area contributed by atoms with E-state index in [2.05, 4.69) is 46.6 Å². The quantitative estimate of drug-likeness (QED) is 0.0285. The van der Waals surface area contributed by atoms with Gasteiger partial charge in [-0.2, -0.15) is 4.31 Å². The molecule has 10 N–H and O–H groups in total. The van der Waals surface area contributed by atoms with Gasteiger partial charge < -0.3 is 50.9 Å². The molecule has 24 nitrogen and oxygen atoms in total. The number of nitrogens with two attached hydrogens (primary N) is 1. The molecule has 65 heavy (non-hydrogen) atoms. The molecule has 0 aromatic carbocycles. The lowest BCUT2D eigenvalue weighted by molar-refractivity contribution is -0.137. The standard InChI is InChI=1S/C37H64N7O17P3S/c1-4-5-6-7-8-9-10-11-12-13-14-15-16-17-28(46)65-21-20-39-27(45)18-19-40-35(49)32(48)37(2,3)23-58-64(55,56)61-63(53,54)57-22-26-31(60-62(50,51)52)30(47)36(59-26)44-25-43-29-33(38)41-24-42-34(29)44/h4-5,24-26,30-32,36,47-48H,6-23H2,1-3H3,(H,39,45)(H,40,49)(H,53,54)(H,55,56)(H2,38,41,42)(H2,50,51,52)/b5-4+/t26-,30-,31-,32+,36-/m1/s1. The number of phosphoric ester groups is 3. The molecule has 1 aliphatic heterocycles. The van der Waals surface area contributed by atoms with E-state index in [4.69, 9.17) is 19.5 Å². The first-order valence-electron chi connectivity index (χ1n) is 21.2. The third-order valence-corrected chi connectivity index (χ3v) is 14.0. The van der Waals surface area contributed by atoms with Gasteiger partial charge in [0.2, 0.25) is 11.8 Å². The number of carbonyl (C=O) groups excluding carboxylic acids is 3. The Balaban J connectivity index is 1.33. The van der Waals surface area contributed by atoms with Crippen LogP contribution in [-0.2, 0) is 50.7 Å². The van der Waals surface area contributed by atoms with Crippen LogP contribution in [0, 0.1) is 5.41 Å². The van der Waals surface area contributed by atoms with Crippen molar-refractivity contribution < 1.29 is 80.5 Å². The Labute approximate surface area is 381 Å². The van der Waals surface area contributed by atoms with Crippen molar-refractivity contribution in [3.05, 3.63) is 24.8 Å². The van der Waals surface area contributed by atoms with Crippen LogP contribution < -0.4 is 16.4 Å². The van der Waals surface area contributed by atoms with Crippen molar-refractivity contribution in [3.8, 4) is 0 Å². The topological polar surface area (TPSA) is 364 Å². The summed E-state index contributed by atoms with van der Waals surface area (Å²) < 4.78 is 62.4. The number of imidazole rings is 1. The second-order valence-electron chi connectivity index (χ2n) is 15.9. The molecule has 0 bridgehead atoms. The van der Waals surface area contributed by atoms with E-state index < -0.39 is 84.6 Å². The maximum atomic E-state index is 12.7. The fourth-order valence-electron chi connectivity index (χ4n) is 6.48. The number of phosphoric acid groups is 3. The van der Waals surface area contributed by atoms with Crippen molar-refractivity contribution in [2.75, 3.05) is 37.8 Å². The number of fused-ring (bicyclic) bond motifs is 1. The summed E-state index contributed by atoms with van der Waals surface area (Å²) in [6.07, 6.45) is 10.8. The smallest absolute Gasteiger partial charge is 0.386 e. The molecule has 3 heterocycles. The number of aliphatic hydroxyl groups is 2. The van der Waals surface area contributed by atoms with Crippen LogP contribution in [0.3, 0.4) is 0 Å². The number of thioether (sulfide) groups is 1. The lowest BCUT2D eigenvalue weighted by atomic mass is 9.87. The van der Waals surface area contributed by atoms with Crippen molar-refractivity contribution in [1.29, 1.82) is 0 Å². The zero-order chi connectivity index (χ0) is 48.3. The van der Waals surface area contributed by atoms with Crippen molar-refractivity contribution in [1.82, 2.24) is 30.2 Å². The summed E-state index contributed by atoms with van der Waals surface area (Å²) in [5.74, 6) is -1.03. The van der Waals surface area contributed by atoms with Gasteiger partial charge in [0.05, 0.1) is 19.5 Å². The number of unbranched alkanes of at least 4 members (excludes halogenated alkanes) is 10. The summed E-state index contributed by atoms with van der Waals surface area (Å²) in [7, 11) is -16.4. The first-order valence-corrected chi connectivity index (χ1v) is 26.7. The van der Waals surface area contributed by atoms with Gasteiger partial charge in [-0.1, -0.05) is 89.1 Å². The number of nitrogen functional groups attached to an aromatic ring is 1. The van der Waals surface area contributed by atoms with Crippen LogP contribution in [0.2, 0.25) is 0 Å². The third-order valence-electron chi connectivity index (χ3n) is 10.0. The average molecular weight is 1000 g/mol. The maximum Gasteiger partial charge on any atom is 0.481 e. The zero-order valence-electron chi connectivity index (χ0n) is 36.7. The van der Waals surface area contributed by atoms with Crippen LogP contribution in [0.5, 0.6) is 0 Å². The van der Waals surface area contributed by atoms with E-state index >= 15 is 0 Å². The number of anilines is 1. The van der Waals surface area contributed by atoms with Crippen LogP contribution in [-0.4, -0.2) is 123 Å². The summed E-state index contributed by atoms with van der Waals surface area (Å²) >= 11 is 1.15. The number of amides is 2. The highest BCUT2D eigenvalue weighted by atomic mass is 32.2. The fraction of sp³-hybridized carbons (Fsp3) is 0.730. The molecule has 370 valence electrons. The molecule has 0 saturated carbocycles. The highest BCUT2D eigenvalue weighted by Crippen LogP contribution is 2.61. The summed E-state index contributed by atoms with van der Waals surface area (Å²) in [5, 5.41) is 26.6. The van der Waals surface area contributed by atoms with Gasteiger partial charge in [-0.15, -0.1) is 0 Å². The van der Waals surface area contributed by atoms with Crippen LogP contribution >= 0.6 is 35.2 Å². The third kappa shape index (κ3) is 20.6. The minimum absolute atomic E-state index is 0.0331. The van der Waals surface area contributed by atoms with Gasteiger partial charge in [0, 0.05) is 37.1 Å². The number of hydrogen-bond acceptors (Lipinski definition) is 18. The number of ether oxygens (including phenoxy) is 1. The van der Waals surface area contributed by atoms with Crippen LogP contribution in [0.15, 0.2) is 24.8 Å². The first-order chi connectivity index (χ1) is 30.6. The van der Waals surface area contributed by atoms with E-state index in [9.17, 15) is 57.9 Å². The molecule has 3 rings (SSSR count). The van der Waals surface area contributed by atoms with E-state index in [1.54, 1.807) is 0 Å². The Morgan fingerprint density at radius 1 is 0.923 bits per heavy atom. The normalized spacial score (nSPS) is 20.4. The minimum atomic E-state index is -5.57. The average Bonchev–Trinajstić information content (AvgIpc) is 3.79. The molecular formula is C37H64N7O17P3S. The number of allylic oxidation sites excluding steroid dienone is 2. The van der Waals surface area contributed by atoms with Crippen LogP contribution in [0.1, 0.15) is 110 Å². The molecule has 2 aromatic heterocycles. The first kappa shape index (κ1) is 56.6. The molecule has 0 radical (unpaired) electrons. The van der Waals surface area contributed by atoms with E-state index in [1.165, 1.54) is 58.8 Å². The van der Waals surface area contributed by atoms with E-state index in [1.807, 2.05) is 6.92 Å². The Morgan fingerprint density at radius 3 is 2.20 bits per heavy atom. The van der Waals surface area contributed by atoms with Crippen LogP contribution in [0.25, 0.3) is 11.2 Å². The number of nitrogens with one attached hydrogen (secondary N) is 2. The Kier molecular flexibility index (Phi) is 23.8. The predicted molar refractivity (Wildman–Crippen MR) is 237 cm³/mol. The summed E-state index contributed by atoms with van der Waals surface area (Å²) in [6, 6.07) is 0. The second kappa shape index (κ2) is 27.3. The van der Waals surface area contributed by atoms with Gasteiger partial charge in [-0.3, -0.25) is 32.5 Å². The molecule has 7 atom stereocenters. The molecule has 2 amide bonds. The number of nitrogens with zero attached hydrogens (tertiary/aromatic N) is 4. The number of carbonyl (C=O) groups is 3. The summed E-state index contributed by atoms with van der Waals surface area (Å²) in [5.41, 5.74) is 4.28. The van der Waals surface area contributed by atoms with E-state index in [-0.39, 0.29) is 41.6 Å². The number of aliphatic hydroxyl groups excluding tert-OH is 2. The minimum Gasteiger partial charge on any atom is -0.386 e. The van der Waals surface area contributed by atoms with Crippen LogP contribution in [0.4, 0.5) is 5.82 Å². The Hall–Kier alpha value is -2.70. The molecule has 0 aliphatic carbocycles. The number of aromatic nitrogens is 4. The molecule has 2 unspecified atom stereocenters. The number of rotatable bonds is 32. The molecular weight excluding hydrogens is 939 g/mol. The van der Waals surface area contributed by atoms with Crippen molar-refractivity contribution in [2.24, 2.45) is 5.41 Å². The van der Waals surface area contributed by atoms with Gasteiger partial charge in [0.15, 0.2) is 22.8 Å². The second-order valence-corrected chi connectivity index (χ2v) is 21.3. The fourth-order valence-corrected chi connectivity index (χ4v) is 10.0. The van der Waals surface area contributed by atoms with Gasteiger partial charge in [0.25, 0.3) is 0 Å². The summed E-state index contributed by atoms with van der Waals surface area (Å²) in [6.45, 7) is 2.62. The van der Waals surface area contributed by atoms with Crippen molar-refractivity contribution in [2.45, 2.75) is 135 Å². The zero-order valence-corrected chi connectivity index (χ0v) is 40.2. The molecule has 1 fully saturated rings. The largest absolute Gasteiger partial charge is 0.481 e. The van der Waals surface area contributed by atoms with Gasteiger partial charge >= 0.3 is 23.5 Å². The lowest BCUT2D eigenvalue weighted by Crippen LogP contribution is -2.46. The molecule has 28 heteroatoms. The number of hydrogen-bond donors (Lipinski definition) is 9. The maximum absolute atomic E-state index is 12.7. The van der Waals surface area contributed by atoms with Crippen molar-refractivity contribution in [3.63, 3.8) is 0 Å². The van der Waals surface area contributed by atoms with Crippen molar-refractivity contribution >= 4 is 69.1 Å². The Morgan fingerprint density at radius 2 is 1.55 bits per heavy atom. The SMILES string of the molecule is C/C=C/CCCCCCCCCCCCC(=O)SCCNC(=O)CCNC(=O)[C@H](O)C(C)(C)COP(=O)(O)OP(=O)(O)OC[C@H]1O[C@@H](n2cnc3c(N)ncnc32)[C@H](O)[C@@H]1OP(=O)(O)O. The predicted octanol–water partition coefficient (Wildman–Crippen LogP) is 3.92. The Bertz CT molecular complexity index is 2010. The summed E-state index contributed by atoms with van der Waals surface area (Å²) in [4.78, 5) is 88.3. The lowest BCUT2D eigenvalue weighted by Gasteiger charge is -2.30. The molecule has 2 aromatic rings. The molecule has 1 saturated heterocycles. The molecule has 0 spiro atoms. The van der Waals surface area contributed by atoms with Gasteiger partial charge in [-0.05, 0) is 26.2 Å². The van der Waals surface area contributed by atoms with Gasteiger partial charge in [-0.25, -0.2) is 28.6 Å². The monoisotopic (exact) mass is 1000 g/mol. The van der Waals surface area contributed by atoms with E-state index in [0.29, 0.717) is 12.2 Å². The highest BCUT2D eigenvalue weighted by Gasteiger charge is 2.50. The van der Waals surface area contributed by atoms with E-state index in [0.717, 1.165) is 54.7 Å². The molecule has 1 aliphatic rings.